The molecular formula is C30H36BF2N5O4. The third kappa shape index (κ3) is 5.55. The van der Waals surface area contributed by atoms with Gasteiger partial charge in [-0.1, -0.05) is 12.1 Å². The molecule has 0 aliphatic carbocycles. The summed E-state index contributed by atoms with van der Waals surface area (Å²) >= 11 is 0. The summed E-state index contributed by atoms with van der Waals surface area (Å²) in [5.41, 5.74) is 1.74. The van der Waals surface area contributed by atoms with Crippen molar-refractivity contribution in [2.75, 3.05) is 29.9 Å². The number of aromatic nitrogens is 3. The van der Waals surface area contributed by atoms with Gasteiger partial charge in [0.05, 0.1) is 29.1 Å². The Morgan fingerprint density at radius 3 is 2.43 bits per heavy atom. The fourth-order valence-corrected chi connectivity index (χ4v) is 5.47. The van der Waals surface area contributed by atoms with E-state index in [1.54, 1.807) is 41.2 Å². The van der Waals surface area contributed by atoms with E-state index in [0.29, 0.717) is 29.1 Å². The highest BCUT2D eigenvalue weighted by Gasteiger charge is 2.51. The van der Waals surface area contributed by atoms with E-state index < -0.39 is 36.7 Å². The van der Waals surface area contributed by atoms with Gasteiger partial charge >= 0.3 is 7.12 Å². The maximum absolute atomic E-state index is 14.2. The number of carbonyl (C=O) groups excluding carboxylic acids is 1. The molecule has 0 bridgehead atoms. The zero-order valence-corrected chi connectivity index (χ0v) is 24.4. The Morgan fingerprint density at radius 1 is 1.05 bits per heavy atom. The highest BCUT2D eigenvalue weighted by atomic mass is 19.3. The average Bonchev–Trinajstić information content (AvgIpc) is 3.65. The Kier molecular flexibility index (Phi) is 7.35. The van der Waals surface area contributed by atoms with Crippen LogP contribution in [0.4, 0.5) is 20.3 Å². The molecule has 5 heterocycles. The van der Waals surface area contributed by atoms with Gasteiger partial charge in [-0.15, -0.1) is 0 Å². The molecule has 9 nitrogen and oxygen atoms in total. The van der Waals surface area contributed by atoms with Gasteiger partial charge < -0.3 is 24.3 Å². The van der Waals surface area contributed by atoms with Crippen molar-refractivity contribution < 1.29 is 27.6 Å². The van der Waals surface area contributed by atoms with Gasteiger partial charge in [-0.2, -0.15) is 5.10 Å². The Morgan fingerprint density at radius 2 is 1.79 bits per heavy atom. The number of rotatable bonds is 6. The van der Waals surface area contributed by atoms with Gasteiger partial charge in [-0.05, 0) is 76.7 Å². The molecule has 1 unspecified atom stereocenters. The molecule has 1 aromatic carbocycles. The van der Waals surface area contributed by atoms with Crippen molar-refractivity contribution in [3.05, 3.63) is 54.4 Å². The van der Waals surface area contributed by atoms with Crippen molar-refractivity contribution in [3.8, 4) is 11.3 Å². The smallest absolute Gasteiger partial charge is 0.399 e. The molecule has 3 saturated heterocycles. The first-order valence-corrected chi connectivity index (χ1v) is 14.5. The summed E-state index contributed by atoms with van der Waals surface area (Å²) in [4.78, 5) is 19.5. The predicted molar refractivity (Wildman–Crippen MR) is 156 cm³/mol. The van der Waals surface area contributed by atoms with E-state index in [9.17, 15) is 13.6 Å². The number of nitrogens with zero attached hydrogens (tertiary/aromatic N) is 4. The first-order valence-electron chi connectivity index (χ1n) is 14.5. The number of nitrogens with one attached hydrogen (secondary N) is 1. The largest absolute Gasteiger partial charge is 0.494 e. The molecule has 0 saturated carbocycles. The Balaban J connectivity index is 1.29. The van der Waals surface area contributed by atoms with E-state index in [-0.39, 0.29) is 25.0 Å². The topological polar surface area (TPSA) is 90.7 Å². The number of anilines is 2. The van der Waals surface area contributed by atoms with Gasteiger partial charge in [-0.25, -0.2) is 18.4 Å². The highest BCUT2D eigenvalue weighted by Crippen LogP contribution is 2.39. The van der Waals surface area contributed by atoms with Gasteiger partial charge in [0.2, 0.25) is 0 Å². The zero-order chi connectivity index (χ0) is 29.7. The lowest BCUT2D eigenvalue weighted by atomic mass is 9.79. The summed E-state index contributed by atoms with van der Waals surface area (Å²) in [6.07, 6.45) is 5.90. The fourth-order valence-electron chi connectivity index (χ4n) is 5.47. The first-order chi connectivity index (χ1) is 19.9. The molecule has 1 amide bonds. The van der Waals surface area contributed by atoms with Crippen molar-refractivity contribution in [2.24, 2.45) is 0 Å². The van der Waals surface area contributed by atoms with E-state index >= 15 is 0 Å². The van der Waals surface area contributed by atoms with Crippen molar-refractivity contribution in [1.82, 2.24) is 14.8 Å². The number of hydrogen-bond acceptors (Lipinski definition) is 7. The summed E-state index contributed by atoms with van der Waals surface area (Å²) in [6.45, 7) is 8.27. The summed E-state index contributed by atoms with van der Waals surface area (Å²) in [7, 11) is -0.552. The number of pyridine rings is 1. The van der Waals surface area contributed by atoms with Crippen molar-refractivity contribution in [1.29, 1.82) is 0 Å². The van der Waals surface area contributed by atoms with Crippen LogP contribution < -0.4 is 15.7 Å². The van der Waals surface area contributed by atoms with E-state index in [1.165, 1.54) is 4.90 Å². The predicted octanol–water partition coefficient (Wildman–Crippen LogP) is 5.04. The molecule has 3 aromatic rings. The molecule has 3 aliphatic rings. The summed E-state index contributed by atoms with van der Waals surface area (Å²) in [6, 6.07) is 10.6. The van der Waals surface area contributed by atoms with Crippen LogP contribution in [0.2, 0.25) is 0 Å². The van der Waals surface area contributed by atoms with Crippen LogP contribution in [-0.2, 0) is 14.0 Å². The van der Waals surface area contributed by atoms with E-state index in [0.717, 1.165) is 24.7 Å². The minimum Gasteiger partial charge on any atom is -0.399 e. The van der Waals surface area contributed by atoms with E-state index in [4.69, 9.17) is 19.1 Å². The maximum atomic E-state index is 14.2. The zero-order valence-electron chi connectivity index (χ0n) is 24.4. The number of benzene rings is 1. The summed E-state index contributed by atoms with van der Waals surface area (Å²) in [5, 5.41) is 7.71. The minimum absolute atomic E-state index is 0.124. The Labute approximate surface area is 244 Å². The van der Waals surface area contributed by atoms with Gasteiger partial charge in [0.25, 0.3) is 11.8 Å². The lowest BCUT2D eigenvalue weighted by molar-refractivity contribution is -0.0393. The van der Waals surface area contributed by atoms with Crippen LogP contribution in [0.1, 0.15) is 70.0 Å². The van der Waals surface area contributed by atoms with Crippen LogP contribution in [0, 0.1) is 0 Å². The fraction of sp³-hybridized carbons (Fsp3) is 0.500. The van der Waals surface area contributed by atoms with Gasteiger partial charge in [0.15, 0.2) is 5.82 Å². The third-order valence-electron chi connectivity index (χ3n) is 8.67. The highest BCUT2D eigenvalue weighted by molar-refractivity contribution is 6.62. The van der Waals surface area contributed by atoms with Crippen molar-refractivity contribution in [3.63, 3.8) is 0 Å². The normalized spacial score (nSPS) is 22.9. The Hall–Kier alpha value is -3.35. The molecule has 3 aliphatic heterocycles. The standard InChI is InChI=1S/C30H36BF2N5O4/c1-28(2)29(3,4)42-31(41-28)21-10-8-20(9-11-21)27(39)35-25-22(12-15-34-26(25)37-17-14-30(32,33)19-37)23-13-16-38(36-23)24-7-5-6-18-40-24/h8-13,15-16,24H,5-7,14,17-19H2,1-4H3,(H,35,39). The first kappa shape index (κ1) is 28.8. The third-order valence-corrected chi connectivity index (χ3v) is 8.67. The molecule has 42 heavy (non-hydrogen) atoms. The minimum atomic E-state index is -2.83. The molecular weight excluding hydrogens is 543 g/mol. The molecule has 0 radical (unpaired) electrons. The molecule has 12 heteroatoms. The molecule has 6 rings (SSSR count). The van der Waals surface area contributed by atoms with Crippen LogP contribution in [0.25, 0.3) is 11.3 Å². The van der Waals surface area contributed by atoms with Crippen LogP contribution in [0.5, 0.6) is 0 Å². The molecule has 3 fully saturated rings. The second-order valence-electron chi connectivity index (χ2n) is 12.3. The van der Waals surface area contributed by atoms with Gasteiger partial charge in [-0.3, -0.25) is 4.79 Å². The maximum Gasteiger partial charge on any atom is 0.494 e. The summed E-state index contributed by atoms with van der Waals surface area (Å²) in [5.74, 6) is -2.94. The molecule has 1 N–H and O–H groups in total. The number of hydrogen-bond donors (Lipinski definition) is 1. The SMILES string of the molecule is CC1(C)OB(c2ccc(C(=O)Nc3c(-c4ccn(C5CCCCO5)n4)ccnc3N3CCC(F)(F)C3)cc2)OC1(C)C. The van der Waals surface area contributed by atoms with Crippen LogP contribution in [-0.4, -0.2) is 64.6 Å². The van der Waals surface area contributed by atoms with Crippen LogP contribution >= 0.6 is 0 Å². The number of alkyl halides is 2. The number of carbonyl (C=O) groups is 1. The molecule has 0 spiro atoms. The quantitative estimate of drug-likeness (QED) is 0.410. The average molecular weight is 579 g/mol. The van der Waals surface area contributed by atoms with Crippen molar-refractivity contribution in [2.45, 2.75) is 76.7 Å². The van der Waals surface area contributed by atoms with Gasteiger partial charge in [0.1, 0.15) is 6.23 Å². The molecule has 222 valence electrons. The van der Waals surface area contributed by atoms with E-state index in [1.807, 2.05) is 40.0 Å². The monoisotopic (exact) mass is 579 g/mol. The molecule has 1 atom stereocenters. The van der Waals surface area contributed by atoms with E-state index in [2.05, 4.69) is 10.3 Å². The number of halogens is 2. The lowest BCUT2D eigenvalue weighted by Crippen LogP contribution is -2.41. The Bertz CT molecular complexity index is 1440. The van der Waals surface area contributed by atoms with Crippen LogP contribution in [0.15, 0.2) is 48.8 Å². The number of amides is 1. The van der Waals surface area contributed by atoms with Crippen molar-refractivity contribution >= 4 is 30.0 Å². The second kappa shape index (κ2) is 10.7. The summed E-state index contributed by atoms with van der Waals surface area (Å²) < 4.78 is 48.4. The number of ether oxygens (including phenoxy) is 1. The lowest BCUT2D eigenvalue weighted by Gasteiger charge is -2.32. The second-order valence-corrected chi connectivity index (χ2v) is 12.3. The van der Waals surface area contributed by atoms with Gasteiger partial charge in [0, 0.05) is 43.1 Å². The molecule has 2 aromatic heterocycles. The van der Waals surface area contributed by atoms with Crippen LogP contribution in [0.3, 0.4) is 0 Å².